The average molecular weight is 249 g/mol. The third-order valence-corrected chi connectivity index (χ3v) is 3.62. The summed E-state index contributed by atoms with van der Waals surface area (Å²) in [6, 6.07) is -0.895. The van der Waals surface area contributed by atoms with Gasteiger partial charge in [-0.2, -0.15) is 0 Å². The molecule has 0 bridgehead atoms. The molecule has 1 aliphatic rings. The van der Waals surface area contributed by atoms with E-state index in [0.29, 0.717) is 0 Å². The van der Waals surface area contributed by atoms with Gasteiger partial charge in [0, 0.05) is 0 Å². The molecule has 5 heteroatoms. The standard InChI is InChI=1S/C13H17BN2O2/c1-12(2)13(3,4)18-14(17-12)11-7-5-6-10-8-15-9-16(10)11/h5-9H,1-4H3/i5D,6D,7D,8D,9D. The first-order chi connectivity index (χ1) is 10.5. The molecule has 1 saturated heterocycles. The molecule has 3 heterocycles. The molecule has 1 fully saturated rings. The van der Waals surface area contributed by atoms with Crippen molar-refractivity contribution in [1.82, 2.24) is 9.38 Å². The van der Waals surface area contributed by atoms with Crippen LogP contribution in [0.5, 0.6) is 0 Å². The highest BCUT2D eigenvalue weighted by Gasteiger charge is 2.52. The van der Waals surface area contributed by atoms with Crippen LogP contribution in [0.1, 0.15) is 34.5 Å². The molecule has 1 aliphatic heterocycles. The van der Waals surface area contributed by atoms with Gasteiger partial charge in [0.2, 0.25) is 0 Å². The maximum Gasteiger partial charge on any atom is 0.512 e. The zero-order chi connectivity index (χ0) is 17.3. The second kappa shape index (κ2) is 3.59. The second-order valence-electron chi connectivity index (χ2n) is 5.36. The Morgan fingerprint density at radius 2 is 1.89 bits per heavy atom. The van der Waals surface area contributed by atoms with Crippen LogP contribution < -0.4 is 5.59 Å². The predicted molar refractivity (Wildman–Crippen MR) is 70.9 cm³/mol. The van der Waals surface area contributed by atoms with E-state index in [0.717, 1.165) is 0 Å². The molecule has 0 saturated carbocycles. The van der Waals surface area contributed by atoms with Crippen molar-refractivity contribution < 1.29 is 16.2 Å². The smallest absolute Gasteiger partial charge is 0.398 e. The van der Waals surface area contributed by atoms with Gasteiger partial charge >= 0.3 is 7.12 Å². The Morgan fingerprint density at radius 1 is 1.22 bits per heavy atom. The Morgan fingerprint density at radius 3 is 2.56 bits per heavy atom. The third-order valence-electron chi connectivity index (χ3n) is 3.62. The van der Waals surface area contributed by atoms with Crippen LogP contribution in [0.3, 0.4) is 0 Å². The summed E-state index contributed by atoms with van der Waals surface area (Å²) in [6.45, 7) is 7.44. The first kappa shape index (κ1) is 7.31. The molecule has 2 aromatic rings. The molecule has 3 rings (SSSR count). The largest absolute Gasteiger partial charge is 0.512 e. The predicted octanol–water partition coefficient (Wildman–Crippen LogP) is 1.63. The van der Waals surface area contributed by atoms with Crippen molar-refractivity contribution in [2.45, 2.75) is 38.9 Å². The molecule has 0 atom stereocenters. The maximum absolute atomic E-state index is 8.19. The van der Waals surface area contributed by atoms with Crippen LogP contribution in [0.4, 0.5) is 0 Å². The second-order valence-corrected chi connectivity index (χ2v) is 5.36. The Kier molecular flexibility index (Phi) is 1.46. The van der Waals surface area contributed by atoms with E-state index in [9.17, 15) is 0 Å². The highest BCUT2D eigenvalue weighted by Crippen LogP contribution is 2.36. The first-order valence-corrected chi connectivity index (χ1v) is 5.79. The molecule has 0 unspecified atom stereocenters. The number of hydrogen-bond donors (Lipinski definition) is 0. The molecule has 0 radical (unpaired) electrons. The van der Waals surface area contributed by atoms with Gasteiger partial charge in [0.15, 0.2) is 0 Å². The van der Waals surface area contributed by atoms with E-state index in [1.807, 2.05) is 27.7 Å². The van der Waals surface area contributed by atoms with E-state index < -0.39 is 18.3 Å². The van der Waals surface area contributed by atoms with Crippen molar-refractivity contribution in [3.8, 4) is 0 Å². The molecule has 0 aromatic carbocycles. The molecule has 18 heavy (non-hydrogen) atoms. The Labute approximate surface area is 114 Å². The Hall–Kier alpha value is -1.33. The molecule has 0 N–H and O–H groups in total. The quantitative estimate of drug-likeness (QED) is 0.721. The minimum absolute atomic E-state index is 0.0145. The van der Waals surface area contributed by atoms with Crippen molar-refractivity contribution in [1.29, 1.82) is 0 Å². The Balaban J connectivity index is 2.31. The zero-order valence-corrected chi connectivity index (χ0v) is 10.8. The molecule has 4 nitrogen and oxygen atoms in total. The molecule has 2 aromatic heterocycles. The van der Waals surface area contributed by atoms with E-state index in [1.54, 1.807) is 0 Å². The van der Waals surface area contributed by atoms with Gasteiger partial charge < -0.3 is 13.7 Å². The lowest BCUT2D eigenvalue weighted by molar-refractivity contribution is 0.00578. The van der Waals surface area contributed by atoms with Crippen LogP contribution in [0, 0.1) is 0 Å². The molecular formula is C13H17BN2O2. The monoisotopic (exact) mass is 249 g/mol. The lowest BCUT2D eigenvalue weighted by Gasteiger charge is -2.32. The summed E-state index contributed by atoms with van der Waals surface area (Å²) in [5.74, 6) is 0. The lowest BCUT2D eigenvalue weighted by atomic mass is 9.84. The number of hydrogen-bond acceptors (Lipinski definition) is 3. The fourth-order valence-electron chi connectivity index (χ4n) is 1.82. The maximum atomic E-state index is 8.19. The Bertz CT molecular complexity index is 805. The summed E-state index contributed by atoms with van der Waals surface area (Å²) in [7, 11) is -0.975. The molecule has 0 spiro atoms. The summed E-state index contributed by atoms with van der Waals surface area (Å²) in [6.07, 6.45) is -0.553. The summed E-state index contributed by atoms with van der Waals surface area (Å²) in [5.41, 5.74) is -1.16. The lowest BCUT2D eigenvalue weighted by Crippen LogP contribution is -2.41. The summed E-state index contributed by atoms with van der Waals surface area (Å²) in [5, 5.41) is 0. The van der Waals surface area contributed by atoms with Gasteiger partial charge in [-0.15, -0.1) is 0 Å². The number of nitrogens with zero attached hydrogens (tertiary/aromatic N) is 2. The van der Waals surface area contributed by atoms with Crippen LogP contribution in [-0.2, 0) is 9.31 Å². The highest BCUT2D eigenvalue weighted by atomic mass is 16.7. The molecular weight excluding hydrogens is 227 g/mol. The fraction of sp³-hybridized carbons (Fsp3) is 0.462. The van der Waals surface area contributed by atoms with Gasteiger partial charge in [-0.25, -0.2) is 4.98 Å². The van der Waals surface area contributed by atoms with Crippen molar-refractivity contribution >= 4 is 18.2 Å². The SMILES string of the molecule is [2H]c1c([2H])c(B2OC(C)(C)C(C)(C)O2)n2c([2H])nc([2H])c2c1[2H]. The normalized spacial score (nSPS) is 25.6. The molecule has 94 valence electrons. The minimum Gasteiger partial charge on any atom is -0.398 e. The molecule has 0 aliphatic carbocycles. The first-order valence-electron chi connectivity index (χ1n) is 8.29. The van der Waals surface area contributed by atoms with Gasteiger partial charge in [-0.05, 0) is 39.8 Å². The van der Waals surface area contributed by atoms with Crippen LogP contribution >= 0.6 is 0 Å². The van der Waals surface area contributed by atoms with Crippen LogP contribution in [0.25, 0.3) is 5.52 Å². The van der Waals surface area contributed by atoms with Gasteiger partial charge in [-0.3, -0.25) is 0 Å². The van der Waals surface area contributed by atoms with Gasteiger partial charge in [0.25, 0.3) is 0 Å². The van der Waals surface area contributed by atoms with E-state index in [2.05, 4.69) is 4.98 Å². The zero-order valence-electron chi connectivity index (χ0n) is 15.8. The van der Waals surface area contributed by atoms with Crippen LogP contribution in [0.2, 0.25) is 0 Å². The van der Waals surface area contributed by atoms with E-state index in [4.69, 9.17) is 16.2 Å². The van der Waals surface area contributed by atoms with E-state index in [1.165, 1.54) is 4.40 Å². The average Bonchev–Trinajstić information content (AvgIpc) is 2.81. The third kappa shape index (κ3) is 1.58. The van der Waals surface area contributed by atoms with Crippen molar-refractivity contribution in [3.63, 3.8) is 0 Å². The molecule has 0 amide bonds. The number of imidazole rings is 1. The summed E-state index contributed by atoms with van der Waals surface area (Å²) >= 11 is 0. The van der Waals surface area contributed by atoms with Crippen LogP contribution in [-0.4, -0.2) is 27.7 Å². The van der Waals surface area contributed by atoms with Crippen molar-refractivity contribution in [2.24, 2.45) is 0 Å². The fourth-order valence-corrected chi connectivity index (χ4v) is 1.82. The number of fused-ring (bicyclic) bond motifs is 1. The number of pyridine rings is 1. The van der Waals surface area contributed by atoms with Gasteiger partial charge in [0.1, 0.15) is 1.37 Å². The van der Waals surface area contributed by atoms with Gasteiger partial charge in [0.05, 0.1) is 40.3 Å². The van der Waals surface area contributed by atoms with E-state index in [-0.39, 0.29) is 41.7 Å². The topological polar surface area (TPSA) is 35.8 Å². The summed E-state index contributed by atoms with van der Waals surface area (Å²) < 4.78 is 52.9. The summed E-state index contributed by atoms with van der Waals surface area (Å²) in [4.78, 5) is 3.74. The van der Waals surface area contributed by atoms with Crippen LogP contribution in [0.15, 0.2) is 30.6 Å². The van der Waals surface area contributed by atoms with Crippen molar-refractivity contribution in [3.05, 3.63) is 30.6 Å². The van der Waals surface area contributed by atoms with Crippen molar-refractivity contribution in [2.75, 3.05) is 0 Å². The highest BCUT2D eigenvalue weighted by molar-refractivity contribution is 6.61. The number of aromatic nitrogens is 2. The minimum atomic E-state index is -0.975. The number of rotatable bonds is 1. The van der Waals surface area contributed by atoms with Gasteiger partial charge in [-0.1, -0.05) is 6.04 Å². The van der Waals surface area contributed by atoms with E-state index >= 15 is 0 Å².